The van der Waals surface area contributed by atoms with Crippen LogP contribution in [0.3, 0.4) is 0 Å². The van der Waals surface area contributed by atoms with Crippen LogP contribution in [0.25, 0.3) is 6.08 Å². The number of carbonyl (C=O) groups excluding carboxylic acids is 2. The number of halogens is 2. The Balaban J connectivity index is 1.51. The molecule has 2 aromatic carbocycles. The third-order valence-electron chi connectivity index (χ3n) is 4.79. The molecular formula is C24H27F2N3O3. The van der Waals surface area contributed by atoms with Gasteiger partial charge in [0.2, 0.25) is 0 Å². The Hall–Kier alpha value is -3.42. The van der Waals surface area contributed by atoms with Gasteiger partial charge in [-0.05, 0) is 76.1 Å². The van der Waals surface area contributed by atoms with Crippen LogP contribution in [0, 0.1) is 11.6 Å². The highest BCUT2D eigenvalue weighted by Crippen LogP contribution is 2.22. The van der Waals surface area contributed by atoms with Crippen LogP contribution in [0.5, 0.6) is 0 Å². The van der Waals surface area contributed by atoms with Crippen LogP contribution >= 0.6 is 0 Å². The van der Waals surface area contributed by atoms with Gasteiger partial charge in [0, 0.05) is 30.0 Å². The summed E-state index contributed by atoms with van der Waals surface area (Å²) in [7, 11) is 0. The van der Waals surface area contributed by atoms with E-state index in [4.69, 9.17) is 4.74 Å². The number of amides is 3. The van der Waals surface area contributed by atoms with Crippen LogP contribution in [-0.4, -0.2) is 35.7 Å². The van der Waals surface area contributed by atoms with Crippen molar-refractivity contribution >= 4 is 29.6 Å². The van der Waals surface area contributed by atoms with Gasteiger partial charge in [-0.3, -0.25) is 5.32 Å². The molecule has 2 N–H and O–H groups in total. The molecule has 2 aromatic rings. The molecule has 0 unspecified atom stereocenters. The number of anilines is 2. The Morgan fingerprint density at radius 2 is 1.56 bits per heavy atom. The zero-order chi connectivity index (χ0) is 23.3. The molecule has 3 amide bonds. The molecule has 8 heteroatoms. The molecule has 0 spiro atoms. The zero-order valence-corrected chi connectivity index (χ0v) is 18.4. The second-order valence-electron chi connectivity index (χ2n) is 8.59. The van der Waals surface area contributed by atoms with Gasteiger partial charge in [0.25, 0.3) is 0 Å². The van der Waals surface area contributed by atoms with Gasteiger partial charge in [0.05, 0.1) is 0 Å². The fraction of sp³-hybridized carbons (Fsp3) is 0.333. The van der Waals surface area contributed by atoms with E-state index in [1.807, 2.05) is 0 Å². The zero-order valence-electron chi connectivity index (χ0n) is 18.4. The van der Waals surface area contributed by atoms with Crippen LogP contribution in [0.15, 0.2) is 48.0 Å². The van der Waals surface area contributed by atoms with E-state index in [-0.39, 0.29) is 11.6 Å². The summed E-state index contributed by atoms with van der Waals surface area (Å²) >= 11 is 0. The van der Waals surface area contributed by atoms with Crippen molar-refractivity contribution in [1.82, 2.24) is 4.90 Å². The standard InChI is InChI=1S/C24H27F2N3O3/c1-24(2,3)32-23(31)28-20-7-5-19(6-8-20)27-22(30)29-12-10-16(11-13-29)14-17-15-18(25)4-9-21(17)26/h4-9,14-15H,10-13H2,1-3H3,(H,27,30)(H,28,31). The third-order valence-corrected chi connectivity index (χ3v) is 4.79. The molecule has 1 aliphatic heterocycles. The molecule has 0 saturated carbocycles. The van der Waals surface area contributed by atoms with E-state index in [1.54, 1.807) is 56.0 Å². The molecule has 0 aromatic heterocycles. The van der Waals surface area contributed by atoms with Crippen molar-refractivity contribution in [2.45, 2.75) is 39.2 Å². The lowest BCUT2D eigenvalue weighted by molar-refractivity contribution is 0.0636. The van der Waals surface area contributed by atoms with Gasteiger partial charge in [-0.15, -0.1) is 0 Å². The maximum atomic E-state index is 13.8. The quantitative estimate of drug-likeness (QED) is 0.609. The number of piperidine rings is 1. The number of ether oxygens (including phenoxy) is 1. The molecule has 170 valence electrons. The molecule has 1 fully saturated rings. The number of nitrogens with zero attached hydrogens (tertiary/aromatic N) is 1. The van der Waals surface area contributed by atoms with Crippen LogP contribution in [0.4, 0.5) is 29.7 Å². The van der Waals surface area contributed by atoms with Crippen LogP contribution in [0.2, 0.25) is 0 Å². The third kappa shape index (κ3) is 6.80. The lowest BCUT2D eigenvalue weighted by Gasteiger charge is -2.28. The molecule has 1 saturated heterocycles. The first-order valence-corrected chi connectivity index (χ1v) is 10.4. The number of benzene rings is 2. The highest BCUT2D eigenvalue weighted by molar-refractivity contribution is 5.90. The number of urea groups is 1. The Bertz CT molecular complexity index is 1000. The van der Waals surface area contributed by atoms with Crippen molar-refractivity contribution in [1.29, 1.82) is 0 Å². The predicted molar refractivity (Wildman–Crippen MR) is 120 cm³/mol. The molecule has 1 heterocycles. The van der Waals surface area contributed by atoms with Crippen molar-refractivity contribution in [3.63, 3.8) is 0 Å². The first-order valence-electron chi connectivity index (χ1n) is 10.4. The van der Waals surface area contributed by atoms with Crippen molar-refractivity contribution in [3.8, 4) is 0 Å². The maximum absolute atomic E-state index is 13.8. The number of carbonyl (C=O) groups is 2. The Labute approximate surface area is 186 Å². The van der Waals surface area contributed by atoms with Crippen LogP contribution in [-0.2, 0) is 4.74 Å². The average molecular weight is 443 g/mol. The minimum absolute atomic E-state index is 0.220. The van der Waals surface area contributed by atoms with Gasteiger partial charge in [-0.2, -0.15) is 0 Å². The number of hydrogen-bond acceptors (Lipinski definition) is 3. The first kappa shape index (κ1) is 23.2. The number of likely N-dealkylation sites (tertiary alicyclic amines) is 1. The number of rotatable bonds is 3. The van der Waals surface area contributed by atoms with E-state index in [0.717, 1.165) is 17.7 Å². The van der Waals surface area contributed by atoms with E-state index >= 15 is 0 Å². The monoisotopic (exact) mass is 443 g/mol. The Kier molecular flexibility index (Phi) is 7.12. The fourth-order valence-electron chi connectivity index (χ4n) is 3.25. The van der Waals surface area contributed by atoms with Gasteiger partial charge in [-0.1, -0.05) is 11.6 Å². The lowest BCUT2D eigenvalue weighted by atomic mass is 10.0. The molecule has 6 nitrogen and oxygen atoms in total. The largest absolute Gasteiger partial charge is 0.444 e. The van der Waals surface area contributed by atoms with Gasteiger partial charge in [0.15, 0.2) is 0 Å². The van der Waals surface area contributed by atoms with Gasteiger partial charge >= 0.3 is 12.1 Å². The van der Waals surface area contributed by atoms with E-state index in [2.05, 4.69) is 10.6 Å². The smallest absolute Gasteiger partial charge is 0.412 e. The second-order valence-corrected chi connectivity index (χ2v) is 8.59. The summed E-state index contributed by atoms with van der Waals surface area (Å²) in [6.45, 7) is 6.30. The minimum Gasteiger partial charge on any atom is -0.444 e. The normalized spacial score (nSPS) is 14.0. The molecule has 1 aliphatic rings. The predicted octanol–water partition coefficient (Wildman–Crippen LogP) is 6.02. The molecule has 0 aliphatic carbocycles. The molecule has 0 radical (unpaired) electrons. The summed E-state index contributed by atoms with van der Waals surface area (Å²) in [5.41, 5.74) is 1.74. The topological polar surface area (TPSA) is 70.7 Å². The fourth-order valence-corrected chi connectivity index (χ4v) is 3.25. The van der Waals surface area contributed by atoms with E-state index in [9.17, 15) is 18.4 Å². The van der Waals surface area contributed by atoms with Crippen molar-refractivity contribution in [2.24, 2.45) is 0 Å². The van der Waals surface area contributed by atoms with Gasteiger partial charge < -0.3 is 15.0 Å². The van der Waals surface area contributed by atoms with Crippen LogP contribution < -0.4 is 10.6 Å². The summed E-state index contributed by atoms with van der Waals surface area (Å²) in [4.78, 5) is 26.0. The summed E-state index contributed by atoms with van der Waals surface area (Å²) in [5.74, 6) is -0.953. The van der Waals surface area contributed by atoms with E-state index in [0.29, 0.717) is 37.3 Å². The van der Waals surface area contributed by atoms with Gasteiger partial charge in [0.1, 0.15) is 17.2 Å². The van der Waals surface area contributed by atoms with Gasteiger partial charge in [-0.25, -0.2) is 18.4 Å². The highest BCUT2D eigenvalue weighted by atomic mass is 19.1. The Morgan fingerprint density at radius 3 is 2.16 bits per heavy atom. The molecule has 0 atom stereocenters. The Morgan fingerprint density at radius 1 is 0.969 bits per heavy atom. The molecule has 3 rings (SSSR count). The summed E-state index contributed by atoms with van der Waals surface area (Å²) in [6.07, 6.45) is 2.28. The molecule has 0 bridgehead atoms. The van der Waals surface area contributed by atoms with Crippen molar-refractivity contribution in [3.05, 3.63) is 65.2 Å². The molecule has 32 heavy (non-hydrogen) atoms. The highest BCUT2D eigenvalue weighted by Gasteiger charge is 2.20. The summed E-state index contributed by atoms with van der Waals surface area (Å²) < 4.78 is 32.4. The maximum Gasteiger partial charge on any atom is 0.412 e. The second kappa shape index (κ2) is 9.80. The van der Waals surface area contributed by atoms with Crippen LogP contribution in [0.1, 0.15) is 39.2 Å². The minimum atomic E-state index is -0.590. The molecular weight excluding hydrogens is 416 g/mol. The van der Waals surface area contributed by atoms with E-state index < -0.39 is 23.3 Å². The first-order chi connectivity index (χ1) is 15.1. The summed E-state index contributed by atoms with van der Waals surface area (Å²) in [5, 5.41) is 5.46. The number of hydrogen-bond donors (Lipinski definition) is 2. The van der Waals surface area contributed by atoms with E-state index in [1.165, 1.54) is 6.07 Å². The van der Waals surface area contributed by atoms with Crippen molar-refractivity contribution in [2.75, 3.05) is 23.7 Å². The van der Waals surface area contributed by atoms with Crippen molar-refractivity contribution < 1.29 is 23.1 Å². The SMILES string of the molecule is CC(C)(C)OC(=O)Nc1ccc(NC(=O)N2CCC(=Cc3cc(F)ccc3F)CC2)cc1. The summed E-state index contributed by atoms with van der Waals surface area (Å²) in [6, 6.07) is 9.84. The lowest BCUT2D eigenvalue weighted by Crippen LogP contribution is -2.39. The average Bonchev–Trinajstić information content (AvgIpc) is 2.71. The number of nitrogens with one attached hydrogen (secondary N) is 2.